The zero-order chi connectivity index (χ0) is 15.9. The molecule has 9 heteroatoms. The van der Waals surface area contributed by atoms with E-state index in [-0.39, 0.29) is 6.61 Å². The summed E-state index contributed by atoms with van der Waals surface area (Å²) < 4.78 is 8.01. The number of anilines is 1. The van der Waals surface area contributed by atoms with Gasteiger partial charge in [0.2, 0.25) is 5.95 Å². The van der Waals surface area contributed by atoms with Crippen LogP contribution < -0.4 is 15.8 Å². The second-order valence-electron chi connectivity index (χ2n) is 4.59. The van der Waals surface area contributed by atoms with Crippen LogP contribution in [0.3, 0.4) is 0 Å². The van der Waals surface area contributed by atoms with E-state index in [1.807, 2.05) is 12.1 Å². The van der Waals surface area contributed by atoms with Crippen LogP contribution in [0.5, 0.6) is 5.75 Å². The molecule has 1 heterocycles. The molecular formula is C13H17BrN6O2. The third-order valence-corrected chi connectivity index (χ3v) is 3.29. The number of aryl methyl sites for hydroxylation is 1. The van der Waals surface area contributed by atoms with Gasteiger partial charge in [-0.25, -0.2) is 4.68 Å². The van der Waals surface area contributed by atoms with E-state index in [1.54, 1.807) is 10.7 Å². The van der Waals surface area contributed by atoms with E-state index in [2.05, 4.69) is 43.7 Å². The lowest BCUT2D eigenvalue weighted by atomic mass is 10.2. The second-order valence-corrected chi connectivity index (χ2v) is 5.50. The van der Waals surface area contributed by atoms with Crippen LogP contribution in [0.2, 0.25) is 0 Å². The molecule has 0 saturated heterocycles. The molecule has 0 saturated carbocycles. The first-order valence-electron chi connectivity index (χ1n) is 6.79. The minimum Gasteiger partial charge on any atom is -0.483 e. The fourth-order valence-electron chi connectivity index (χ4n) is 1.84. The molecule has 0 aliphatic rings. The van der Waals surface area contributed by atoms with Crippen molar-refractivity contribution in [2.75, 3.05) is 11.9 Å². The van der Waals surface area contributed by atoms with Crippen molar-refractivity contribution in [2.24, 2.45) is 5.73 Å². The van der Waals surface area contributed by atoms with Crippen LogP contribution in [-0.4, -0.2) is 32.7 Å². The number of primary amides is 1. The predicted molar refractivity (Wildman–Crippen MR) is 84.3 cm³/mol. The lowest BCUT2D eigenvalue weighted by Gasteiger charge is -2.12. The van der Waals surface area contributed by atoms with E-state index in [0.29, 0.717) is 18.2 Å². The number of aromatic nitrogens is 4. The molecule has 8 nitrogen and oxygen atoms in total. The van der Waals surface area contributed by atoms with Gasteiger partial charge in [-0.15, -0.1) is 0 Å². The maximum atomic E-state index is 10.9. The molecule has 0 fully saturated rings. The molecule has 118 valence electrons. The molecule has 0 spiro atoms. The van der Waals surface area contributed by atoms with Gasteiger partial charge in [-0.3, -0.25) is 4.79 Å². The van der Waals surface area contributed by atoms with Crippen LogP contribution >= 0.6 is 15.9 Å². The number of hydrogen-bond donors (Lipinski definition) is 2. The quantitative estimate of drug-likeness (QED) is 0.727. The second kappa shape index (κ2) is 7.74. The van der Waals surface area contributed by atoms with E-state index in [9.17, 15) is 4.79 Å². The zero-order valence-electron chi connectivity index (χ0n) is 12.1. The molecule has 2 rings (SSSR count). The summed E-state index contributed by atoms with van der Waals surface area (Å²) >= 11 is 3.41. The molecule has 1 amide bonds. The highest BCUT2D eigenvalue weighted by Gasteiger charge is 2.09. The molecule has 3 N–H and O–H groups in total. The van der Waals surface area contributed by atoms with Gasteiger partial charge in [0.15, 0.2) is 6.61 Å². The molecule has 1 aromatic heterocycles. The van der Waals surface area contributed by atoms with Crippen LogP contribution in [0.15, 0.2) is 22.7 Å². The number of ether oxygens (including phenoxy) is 1. The first-order valence-corrected chi connectivity index (χ1v) is 7.59. The number of tetrazole rings is 1. The van der Waals surface area contributed by atoms with Gasteiger partial charge in [-0.1, -0.05) is 28.0 Å². The summed E-state index contributed by atoms with van der Waals surface area (Å²) in [7, 11) is 0. The largest absolute Gasteiger partial charge is 0.483 e. The molecule has 0 unspecified atom stereocenters. The van der Waals surface area contributed by atoms with Gasteiger partial charge < -0.3 is 15.8 Å². The van der Waals surface area contributed by atoms with Crippen molar-refractivity contribution in [1.82, 2.24) is 20.2 Å². The Hall–Kier alpha value is -2.16. The Morgan fingerprint density at radius 1 is 1.50 bits per heavy atom. The number of nitrogens with zero attached hydrogens (tertiary/aromatic N) is 4. The minimum absolute atomic E-state index is 0.164. The van der Waals surface area contributed by atoms with Crippen LogP contribution in [-0.2, 0) is 17.9 Å². The Bertz CT molecular complexity index is 645. The Kier molecular flexibility index (Phi) is 5.70. The molecule has 1 aromatic carbocycles. The van der Waals surface area contributed by atoms with Gasteiger partial charge in [-0.2, -0.15) is 0 Å². The minimum atomic E-state index is -0.520. The molecule has 0 aliphatic heterocycles. The van der Waals surface area contributed by atoms with Crippen molar-refractivity contribution in [3.63, 3.8) is 0 Å². The van der Waals surface area contributed by atoms with E-state index >= 15 is 0 Å². The van der Waals surface area contributed by atoms with Crippen molar-refractivity contribution < 1.29 is 9.53 Å². The molecule has 2 aromatic rings. The van der Waals surface area contributed by atoms with Crippen LogP contribution in [0.25, 0.3) is 0 Å². The van der Waals surface area contributed by atoms with Crippen molar-refractivity contribution in [3.05, 3.63) is 28.2 Å². The van der Waals surface area contributed by atoms with Gasteiger partial charge in [0, 0.05) is 23.1 Å². The molecular weight excluding hydrogens is 352 g/mol. The third-order valence-electron chi connectivity index (χ3n) is 2.80. The number of nitrogens with two attached hydrogens (primary N) is 1. The lowest BCUT2D eigenvalue weighted by molar-refractivity contribution is -0.119. The van der Waals surface area contributed by atoms with Crippen LogP contribution in [0.1, 0.15) is 18.9 Å². The molecule has 0 aliphatic carbocycles. The smallest absolute Gasteiger partial charge is 0.255 e. The van der Waals surface area contributed by atoms with E-state index in [4.69, 9.17) is 10.5 Å². The molecule has 0 radical (unpaired) electrons. The average Bonchev–Trinajstić information content (AvgIpc) is 2.91. The van der Waals surface area contributed by atoms with Gasteiger partial charge in [0.1, 0.15) is 5.75 Å². The SMILES string of the molecule is CCCn1nnnc1NCc1cc(Br)ccc1OCC(N)=O. The Balaban J connectivity index is 2.09. The van der Waals surface area contributed by atoms with E-state index in [0.717, 1.165) is 23.0 Å². The maximum absolute atomic E-state index is 10.9. The number of benzene rings is 1. The standard InChI is InChI=1S/C13H17BrN6O2/c1-2-5-20-13(17-18-19-20)16-7-9-6-10(14)3-4-11(9)22-8-12(15)21/h3-4,6H,2,5,7-8H2,1H3,(H2,15,21)(H,16,17,19). The number of hydrogen-bond acceptors (Lipinski definition) is 6. The number of halogens is 1. The highest BCUT2D eigenvalue weighted by atomic mass is 79.9. The van der Waals surface area contributed by atoms with E-state index in [1.165, 1.54) is 0 Å². The predicted octanol–water partition coefficient (Wildman–Crippen LogP) is 1.32. The fourth-order valence-corrected chi connectivity index (χ4v) is 2.25. The van der Waals surface area contributed by atoms with Crippen molar-refractivity contribution >= 4 is 27.8 Å². The summed E-state index contributed by atoms with van der Waals surface area (Å²) in [5.41, 5.74) is 5.97. The Labute approximate surface area is 136 Å². The van der Waals surface area contributed by atoms with Crippen molar-refractivity contribution in [1.29, 1.82) is 0 Å². The van der Waals surface area contributed by atoms with Gasteiger partial charge in [0.05, 0.1) is 0 Å². The lowest BCUT2D eigenvalue weighted by Crippen LogP contribution is -2.20. The summed E-state index contributed by atoms with van der Waals surface area (Å²) in [4.78, 5) is 10.9. The van der Waals surface area contributed by atoms with Gasteiger partial charge in [0.25, 0.3) is 5.91 Å². The van der Waals surface area contributed by atoms with Gasteiger partial charge in [-0.05, 0) is 35.0 Å². The van der Waals surface area contributed by atoms with Crippen LogP contribution in [0, 0.1) is 0 Å². The van der Waals surface area contributed by atoms with Crippen molar-refractivity contribution in [3.8, 4) is 5.75 Å². The highest BCUT2D eigenvalue weighted by Crippen LogP contribution is 2.24. The molecule has 0 atom stereocenters. The summed E-state index contributed by atoms with van der Waals surface area (Å²) in [5, 5.41) is 14.7. The monoisotopic (exact) mass is 368 g/mol. The Morgan fingerprint density at radius 3 is 3.05 bits per heavy atom. The Morgan fingerprint density at radius 2 is 2.32 bits per heavy atom. The number of rotatable bonds is 8. The summed E-state index contributed by atoms with van der Waals surface area (Å²) in [6.07, 6.45) is 0.934. The fraction of sp³-hybridized carbons (Fsp3) is 0.385. The number of amides is 1. The third kappa shape index (κ3) is 4.42. The normalized spacial score (nSPS) is 10.5. The van der Waals surface area contributed by atoms with Crippen LogP contribution in [0.4, 0.5) is 5.95 Å². The zero-order valence-corrected chi connectivity index (χ0v) is 13.7. The van der Waals surface area contributed by atoms with Gasteiger partial charge >= 0.3 is 0 Å². The number of carbonyl (C=O) groups excluding carboxylic acids is 1. The van der Waals surface area contributed by atoms with Crippen molar-refractivity contribution in [2.45, 2.75) is 26.4 Å². The average molecular weight is 369 g/mol. The summed E-state index contributed by atoms with van der Waals surface area (Å²) in [5.74, 6) is 0.653. The highest BCUT2D eigenvalue weighted by molar-refractivity contribution is 9.10. The number of carbonyl (C=O) groups is 1. The van der Waals surface area contributed by atoms with E-state index < -0.39 is 5.91 Å². The first kappa shape index (κ1) is 16.2. The first-order chi connectivity index (χ1) is 10.6. The number of nitrogens with one attached hydrogen (secondary N) is 1. The topological polar surface area (TPSA) is 108 Å². The summed E-state index contributed by atoms with van der Waals surface area (Å²) in [6.45, 7) is 3.08. The maximum Gasteiger partial charge on any atom is 0.255 e. The summed E-state index contributed by atoms with van der Waals surface area (Å²) in [6, 6.07) is 5.51. The molecule has 0 bridgehead atoms. The molecule has 22 heavy (non-hydrogen) atoms.